The van der Waals surface area contributed by atoms with Gasteiger partial charge in [-0.05, 0) is 121 Å². The predicted molar refractivity (Wildman–Crippen MR) is 273 cm³/mol. The van der Waals surface area contributed by atoms with Gasteiger partial charge in [0.25, 0.3) is 11.8 Å². The second-order valence-corrected chi connectivity index (χ2v) is 18.5. The van der Waals surface area contributed by atoms with Gasteiger partial charge in [0, 0.05) is 34.1 Å². The first-order chi connectivity index (χ1) is 33.3. The number of anilines is 4. The monoisotopic (exact) mass is 1030 g/mol. The highest BCUT2D eigenvalue weighted by Crippen LogP contribution is 2.37. The Labute approximate surface area is 409 Å². The van der Waals surface area contributed by atoms with Crippen molar-refractivity contribution in [2.75, 3.05) is 21.3 Å². The summed E-state index contributed by atoms with van der Waals surface area (Å²) < 4.78 is 18.5. The molecule has 2 atom stereocenters. The fourth-order valence-corrected chi connectivity index (χ4v) is 10.6. The van der Waals surface area contributed by atoms with Gasteiger partial charge >= 0.3 is 0 Å². The van der Waals surface area contributed by atoms with Crippen molar-refractivity contribution in [3.05, 3.63) is 170 Å². The maximum atomic E-state index is 14.2. The molecule has 9 aromatic rings. The molecule has 2 aliphatic rings. The van der Waals surface area contributed by atoms with Crippen molar-refractivity contribution in [1.29, 1.82) is 0 Å². The van der Waals surface area contributed by atoms with E-state index in [1.54, 1.807) is 4.68 Å². The van der Waals surface area contributed by atoms with Crippen LogP contribution >= 0.6 is 22.6 Å². The average Bonchev–Trinajstić information content (AvgIpc) is 3.85. The van der Waals surface area contributed by atoms with Gasteiger partial charge in [-0.1, -0.05) is 72.8 Å². The van der Waals surface area contributed by atoms with E-state index in [-0.39, 0.29) is 35.5 Å². The number of phenolic OH excluding ortho intramolecular Hbond substituents is 1. The predicted octanol–water partition coefficient (Wildman–Crippen LogP) is 8.71. The van der Waals surface area contributed by atoms with Crippen LogP contribution in [-0.2, 0) is 25.9 Å². The number of aromatic nitrogens is 8. The summed E-state index contributed by atoms with van der Waals surface area (Å²) in [5, 5.41) is 20.7. The first kappa shape index (κ1) is 45.0. The molecule has 11 rings (SSSR count). The molecule has 0 aliphatic carbocycles. The fraction of sp³-hybridized carbons (Fsp3) is 0.192. The van der Waals surface area contributed by atoms with Crippen LogP contribution in [0.4, 0.5) is 27.4 Å². The SMILES string of the molecule is Cc1ccccc1N1C(=O)c2c(C)cccc2CC1Cn1nc(-c2cc(O)cc(F)c2)c2c(N)ncnc21.Cc1ccccc1N1C(=O)c2c(C)cccc2CC1Cn1nc(I)c2c(N)ncnc21. The zero-order valence-corrected chi connectivity index (χ0v) is 40.3. The maximum absolute atomic E-state index is 14.2. The van der Waals surface area contributed by atoms with Crippen LogP contribution in [0.25, 0.3) is 33.3 Å². The number of fused-ring (bicyclic) bond motifs is 4. The number of nitrogens with zero attached hydrogens (tertiary/aromatic N) is 10. The maximum Gasteiger partial charge on any atom is 0.259 e. The minimum Gasteiger partial charge on any atom is -0.508 e. The number of carbonyl (C=O) groups excluding carboxylic acids is 2. The number of aryl methyl sites for hydroxylation is 4. The van der Waals surface area contributed by atoms with Gasteiger partial charge in [0.15, 0.2) is 11.3 Å². The molecule has 346 valence electrons. The summed E-state index contributed by atoms with van der Waals surface area (Å²) >= 11 is 2.16. The first-order valence-corrected chi connectivity index (χ1v) is 23.4. The van der Waals surface area contributed by atoms with Crippen LogP contribution in [0.15, 0.2) is 116 Å². The number of hydrogen-bond acceptors (Lipinski definition) is 11. The Bertz CT molecular complexity index is 3500. The quantitative estimate of drug-likeness (QED) is 0.129. The van der Waals surface area contributed by atoms with Crippen LogP contribution in [0, 0.1) is 37.2 Å². The van der Waals surface area contributed by atoms with E-state index in [2.05, 4.69) is 47.6 Å². The second-order valence-electron chi connectivity index (χ2n) is 17.5. The molecule has 6 heterocycles. The summed E-state index contributed by atoms with van der Waals surface area (Å²) in [5.41, 5.74) is 23.5. The molecule has 0 fully saturated rings. The molecule has 5 N–H and O–H groups in total. The van der Waals surface area contributed by atoms with Gasteiger partial charge in [-0.15, -0.1) is 0 Å². The summed E-state index contributed by atoms with van der Waals surface area (Å²) in [7, 11) is 0. The lowest BCUT2D eigenvalue weighted by atomic mass is 9.89. The Balaban J connectivity index is 0.000000164. The molecule has 0 bridgehead atoms. The Morgan fingerprint density at radius 2 is 1.10 bits per heavy atom. The smallest absolute Gasteiger partial charge is 0.259 e. The van der Waals surface area contributed by atoms with Crippen molar-refractivity contribution in [2.45, 2.75) is 65.7 Å². The Kier molecular flexibility index (Phi) is 11.8. The van der Waals surface area contributed by atoms with E-state index in [1.807, 2.05) is 127 Å². The van der Waals surface area contributed by atoms with E-state index in [4.69, 9.17) is 16.6 Å². The Morgan fingerprint density at radius 1 is 0.623 bits per heavy atom. The normalized spacial score (nSPS) is 15.6. The lowest BCUT2D eigenvalue weighted by molar-refractivity contribution is 0.0954. The minimum absolute atomic E-state index is 0.0268. The molecule has 0 radical (unpaired) electrons. The summed E-state index contributed by atoms with van der Waals surface area (Å²) in [4.78, 5) is 48.6. The van der Waals surface area contributed by atoms with Crippen LogP contribution in [0.1, 0.15) is 54.1 Å². The Morgan fingerprint density at radius 3 is 1.62 bits per heavy atom. The van der Waals surface area contributed by atoms with E-state index in [1.165, 1.54) is 24.8 Å². The van der Waals surface area contributed by atoms with E-state index < -0.39 is 5.82 Å². The number of phenols is 1. The summed E-state index contributed by atoms with van der Waals surface area (Å²) in [6.45, 7) is 8.78. The molecule has 0 saturated heterocycles. The number of aromatic hydroxyl groups is 1. The van der Waals surface area contributed by atoms with Crippen molar-refractivity contribution in [1.82, 2.24) is 39.5 Å². The van der Waals surface area contributed by atoms with E-state index in [0.717, 1.165) is 77.5 Å². The number of carbonyl (C=O) groups is 2. The van der Waals surface area contributed by atoms with Crippen LogP contribution in [0.5, 0.6) is 5.75 Å². The highest BCUT2D eigenvalue weighted by molar-refractivity contribution is 14.1. The summed E-state index contributed by atoms with van der Waals surface area (Å²) in [6.07, 6.45) is 4.15. The number of halogens is 2. The molecule has 4 aromatic heterocycles. The molecule has 2 amide bonds. The van der Waals surface area contributed by atoms with Gasteiger partial charge in [-0.3, -0.25) is 9.59 Å². The zero-order chi connectivity index (χ0) is 48.2. The highest BCUT2D eigenvalue weighted by atomic mass is 127. The third-order valence-corrected chi connectivity index (χ3v) is 13.7. The molecular formula is C52H46FIN12O3. The van der Waals surface area contributed by atoms with Crippen LogP contribution in [0.3, 0.4) is 0 Å². The van der Waals surface area contributed by atoms with Crippen molar-refractivity contribution in [3.8, 4) is 17.0 Å². The molecule has 2 aliphatic heterocycles. The summed E-state index contributed by atoms with van der Waals surface area (Å²) in [5.74, 6) is -0.264. The molecule has 0 spiro atoms. The number of nitrogen functional groups attached to an aromatic ring is 2. The fourth-order valence-electron chi connectivity index (χ4n) is 9.83. The van der Waals surface area contributed by atoms with E-state index in [9.17, 15) is 19.1 Å². The molecule has 2 unspecified atom stereocenters. The summed E-state index contributed by atoms with van der Waals surface area (Å²) in [6, 6.07) is 31.1. The lowest BCUT2D eigenvalue weighted by Gasteiger charge is -2.38. The van der Waals surface area contributed by atoms with Crippen LogP contribution < -0.4 is 21.3 Å². The van der Waals surface area contributed by atoms with E-state index in [0.29, 0.717) is 53.3 Å². The molecule has 69 heavy (non-hydrogen) atoms. The number of nitrogens with two attached hydrogens (primary N) is 2. The van der Waals surface area contributed by atoms with Crippen molar-refractivity contribution >= 4 is 79.5 Å². The number of amides is 2. The number of para-hydroxylation sites is 2. The topological polar surface area (TPSA) is 200 Å². The van der Waals surface area contributed by atoms with Gasteiger partial charge in [-0.2, -0.15) is 10.2 Å². The Hall–Kier alpha value is -7.80. The van der Waals surface area contributed by atoms with E-state index >= 15 is 0 Å². The molecule has 17 heteroatoms. The van der Waals surface area contributed by atoms with Crippen molar-refractivity contribution in [2.24, 2.45) is 0 Å². The van der Waals surface area contributed by atoms with Crippen LogP contribution in [-0.4, -0.2) is 68.5 Å². The third kappa shape index (κ3) is 8.15. The van der Waals surface area contributed by atoms with Gasteiger partial charge < -0.3 is 26.4 Å². The zero-order valence-electron chi connectivity index (χ0n) is 38.1. The van der Waals surface area contributed by atoms with Crippen molar-refractivity contribution in [3.63, 3.8) is 0 Å². The number of hydrogen-bond donors (Lipinski definition) is 3. The van der Waals surface area contributed by atoms with Gasteiger partial charge in [-0.25, -0.2) is 33.7 Å². The second kappa shape index (κ2) is 18.0. The third-order valence-electron chi connectivity index (χ3n) is 13.0. The van der Waals surface area contributed by atoms with Crippen LogP contribution in [0.2, 0.25) is 0 Å². The highest BCUT2D eigenvalue weighted by Gasteiger charge is 2.38. The van der Waals surface area contributed by atoms with Gasteiger partial charge in [0.1, 0.15) is 45.3 Å². The first-order valence-electron chi connectivity index (χ1n) is 22.3. The van der Waals surface area contributed by atoms with Crippen molar-refractivity contribution < 1.29 is 19.1 Å². The largest absolute Gasteiger partial charge is 0.508 e. The molecule has 5 aromatic carbocycles. The average molecular weight is 1030 g/mol. The molecule has 0 saturated carbocycles. The lowest BCUT2D eigenvalue weighted by Crippen LogP contribution is -2.48. The molecular weight excluding hydrogens is 987 g/mol. The minimum atomic E-state index is -0.603. The standard InChI is InChI=1S/C29H25FN6O2.C23H21IN6O/c1-16-6-3-4-9-23(16)36-21(11-18-8-5-7-17(2)24(18)29(36)38)14-35-28-25(27(31)32-15-33-28)26(34-35)19-10-20(30)13-22(37)12-19;1-13-6-3-4-9-17(13)30-16(10-15-8-5-7-14(2)18(15)23(30)31)11-29-22-19(20(24)28-29)21(25)26-12-27-22/h3-10,12-13,15,21,37H,11,14H2,1-2H3,(H2,31,32,33);3-9,12,16H,10-11H2,1-2H3,(H2,25,26,27). The number of benzene rings is 5. The van der Waals surface area contributed by atoms with Gasteiger partial charge in [0.2, 0.25) is 0 Å². The molecule has 15 nitrogen and oxygen atoms in total. The van der Waals surface area contributed by atoms with Gasteiger partial charge in [0.05, 0.1) is 35.9 Å². The number of rotatable bonds is 7.